The van der Waals surface area contributed by atoms with Crippen LogP contribution in [-0.2, 0) is 6.42 Å². The van der Waals surface area contributed by atoms with Crippen molar-refractivity contribution in [2.75, 3.05) is 29.9 Å². The van der Waals surface area contributed by atoms with Crippen molar-refractivity contribution in [1.29, 1.82) is 0 Å². The fraction of sp³-hybridized carbons (Fsp3) is 0.545. The molecule has 2 N–H and O–H groups in total. The normalized spacial score (nSPS) is 19.4. The van der Waals surface area contributed by atoms with Crippen LogP contribution in [0.2, 0.25) is 0 Å². The third-order valence-corrected chi connectivity index (χ3v) is 6.05. The minimum absolute atomic E-state index is 0.567. The van der Waals surface area contributed by atoms with Crippen LogP contribution in [0, 0.1) is 0 Å². The molecule has 1 aromatic heterocycles. The molecule has 2 aliphatic heterocycles. The summed E-state index contributed by atoms with van der Waals surface area (Å²) in [6.07, 6.45) is 7.89. The third-order valence-electron chi connectivity index (χ3n) is 6.05. The van der Waals surface area contributed by atoms with E-state index in [4.69, 9.17) is 4.98 Å². The van der Waals surface area contributed by atoms with Crippen LogP contribution in [0.4, 0.5) is 17.5 Å². The Bertz CT molecular complexity index is 748. The number of hydrogen-bond donors (Lipinski definition) is 2. The Morgan fingerprint density at radius 3 is 2.74 bits per heavy atom. The largest absolute Gasteiger partial charge is 0.353 e. The SMILES string of the molecule is CCC(CC)N1CCc2cnc(Nc3ccc(C4CCCNC4)cc3)nc21. The van der Waals surface area contributed by atoms with E-state index in [1.165, 1.54) is 24.0 Å². The Morgan fingerprint density at radius 1 is 1.22 bits per heavy atom. The summed E-state index contributed by atoms with van der Waals surface area (Å²) in [5, 5.41) is 6.89. The Balaban J connectivity index is 1.48. The highest BCUT2D eigenvalue weighted by Crippen LogP contribution is 2.31. The number of piperidine rings is 1. The molecule has 5 nitrogen and oxygen atoms in total. The molecule has 144 valence electrons. The fourth-order valence-electron chi connectivity index (χ4n) is 4.42. The van der Waals surface area contributed by atoms with Crippen molar-refractivity contribution in [3.8, 4) is 0 Å². The molecule has 1 aromatic carbocycles. The maximum Gasteiger partial charge on any atom is 0.229 e. The van der Waals surface area contributed by atoms with Crippen LogP contribution in [0.5, 0.6) is 0 Å². The number of hydrogen-bond acceptors (Lipinski definition) is 5. The molecule has 1 atom stereocenters. The lowest BCUT2D eigenvalue weighted by Crippen LogP contribution is -2.33. The maximum absolute atomic E-state index is 4.85. The zero-order chi connectivity index (χ0) is 18.6. The van der Waals surface area contributed by atoms with Gasteiger partial charge in [0.25, 0.3) is 0 Å². The molecule has 1 unspecified atom stereocenters. The summed E-state index contributed by atoms with van der Waals surface area (Å²) in [6, 6.07) is 9.35. The smallest absolute Gasteiger partial charge is 0.229 e. The summed E-state index contributed by atoms with van der Waals surface area (Å²) in [6.45, 7) is 7.82. The molecule has 0 bridgehead atoms. The molecule has 2 aromatic rings. The lowest BCUT2D eigenvalue weighted by atomic mass is 9.92. The molecule has 4 rings (SSSR count). The molecule has 1 fully saturated rings. The lowest BCUT2D eigenvalue weighted by molar-refractivity contribution is 0.461. The average molecular weight is 366 g/mol. The van der Waals surface area contributed by atoms with E-state index in [0.717, 1.165) is 50.4 Å². The van der Waals surface area contributed by atoms with Crippen LogP contribution in [0.3, 0.4) is 0 Å². The molecule has 3 heterocycles. The Hall–Kier alpha value is -2.14. The highest BCUT2D eigenvalue weighted by Gasteiger charge is 2.26. The topological polar surface area (TPSA) is 53.1 Å². The first kappa shape index (κ1) is 18.2. The van der Waals surface area contributed by atoms with Gasteiger partial charge >= 0.3 is 0 Å². The lowest BCUT2D eigenvalue weighted by Gasteiger charge is -2.27. The van der Waals surface area contributed by atoms with Gasteiger partial charge in [0, 0.05) is 36.6 Å². The standard InChI is InChI=1S/C22H31N5/c1-3-20(4-2)27-13-11-18-15-24-22(26-21(18)27)25-19-9-7-16(8-10-19)17-6-5-12-23-14-17/h7-10,15,17,20,23H,3-6,11-14H2,1-2H3,(H,24,25,26). The van der Waals surface area contributed by atoms with E-state index in [-0.39, 0.29) is 0 Å². The van der Waals surface area contributed by atoms with E-state index < -0.39 is 0 Å². The highest BCUT2D eigenvalue weighted by molar-refractivity contribution is 5.59. The summed E-state index contributed by atoms with van der Waals surface area (Å²) >= 11 is 0. The van der Waals surface area contributed by atoms with Crippen LogP contribution in [0.25, 0.3) is 0 Å². The number of fused-ring (bicyclic) bond motifs is 1. The summed E-state index contributed by atoms with van der Waals surface area (Å²) in [4.78, 5) is 11.9. The second-order valence-corrected chi connectivity index (χ2v) is 7.75. The second kappa shape index (κ2) is 8.26. The Morgan fingerprint density at radius 2 is 2.04 bits per heavy atom. The van der Waals surface area contributed by atoms with Gasteiger partial charge in [-0.3, -0.25) is 0 Å². The zero-order valence-electron chi connectivity index (χ0n) is 16.5. The summed E-state index contributed by atoms with van der Waals surface area (Å²) in [7, 11) is 0. The van der Waals surface area contributed by atoms with Gasteiger partial charge < -0.3 is 15.5 Å². The molecule has 5 heteroatoms. The highest BCUT2D eigenvalue weighted by atomic mass is 15.3. The zero-order valence-corrected chi connectivity index (χ0v) is 16.5. The minimum atomic E-state index is 0.567. The predicted octanol–water partition coefficient (Wildman–Crippen LogP) is 4.24. The van der Waals surface area contributed by atoms with Gasteiger partial charge in [-0.25, -0.2) is 4.98 Å². The molecular formula is C22H31N5. The van der Waals surface area contributed by atoms with Gasteiger partial charge in [0.1, 0.15) is 5.82 Å². The van der Waals surface area contributed by atoms with Crippen molar-refractivity contribution in [1.82, 2.24) is 15.3 Å². The molecule has 27 heavy (non-hydrogen) atoms. The van der Waals surface area contributed by atoms with E-state index >= 15 is 0 Å². The quantitative estimate of drug-likeness (QED) is 0.802. The first-order chi connectivity index (χ1) is 13.3. The molecule has 0 spiro atoms. The second-order valence-electron chi connectivity index (χ2n) is 7.75. The number of nitrogens with one attached hydrogen (secondary N) is 2. The monoisotopic (exact) mass is 365 g/mol. The molecule has 1 saturated heterocycles. The minimum Gasteiger partial charge on any atom is -0.353 e. The molecular weight excluding hydrogens is 334 g/mol. The Labute approximate surface area is 162 Å². The van der Waals surface area contributed by atoms with Gasteiger partial charge in [-0.15, -0.1) is 0 Å². The summed E-state index contributed by atoms with van der Waals surface area (Å²) < 4.78 is 0. The summed E-state index contributed by atoms with van der Waals surface area (Å²) in [5.74, 6) is 2.45. The first-order valence-electron chi connectivity index (χ1n) is 10.5. The average Bonchev–Trinajstić information content (AvgIpc) is 3.14. The van der Waals surface area contributed by atoms with Gasteiger partial charge in [0.15, 0.2) is 0 Å². The van der Waals surface area contributed by atoms with Crippen LogP contribution in [0.15, 0.2) is 30.5 Å². The van der Waals surface area contributed by atoms with E-state index in [1.54, 1.807) is 0 Å². The molecule has 0 saturated carbocycles. The molecule has 0 amide bonds. The number of rotatable bonds is 6. The number of benzene rings is 1. The van der Waals surface area contributed by atoms with E-state index in [2.05, 4.69) is 58.6 Å². The third kappa shape index (κ3) is 3.93. The number of nitrogens with zero attached hydrogens (tertiary/aromatic N) is 3. The first-order valence-corrected chi connectivity index (χ1v) is 10.5. The van der Waals surface area contributed by atoms with Crippen molar-refractivity contribution in [2.24, 2.45) is 0 Å². The van der Waals surface area contributed by atoms with E-state index in [0.29, 0.717) is 17.9 Å². The summed E-state index contributed by atoms with van der Waals surface area (Å²) in [5.41, 5.74) is 3.74. The predicted molar refractivity (Wildman–Crippen MR) is 112 cm³/mol. The number of aromatic nitrogens is 2. The molecule has 0 aliphatic carbocycles. The van der Waals surface area contributed by atoms with E-state index in [1.807, 2.05) is 6.20 Å². The van der Waals surface area contributed by atoms with E-state index in [9.17, 15) is 0 Å². The van der Waals surface area contributed by atoms with Crippen molar-refractivity contribution in [3.05, 3.63) is 41.6 Å². The molecule has 2 aliphatic rings. The van der Waals surface area contributed by atoms with Crippen LogP contribution < -0.4 is 15.5 Å². The van der Waals surface area contributed by atoms with Gasteiger partial charge in [-0.1, -0.05) is 26.0 Å². The molecule has 0 radical (unpaired) electrons. The maximum atomic E-state index is 4.85. The van der Waals surface area contributed by atoms with Crippen molar-refractivity contribution >= 4 is 17.5 Å². The van der Waals surface area contributed by atoms with Crippen LogP contribution in [0.1, 0.15) is 56.6 Å². The van der Waals surface area contributed by atoms with Gasteiger partial charge in [0.05, 0.1) is 0 Å². The van der Waals surface area contributed by atoms with Crippen LogP contribution >= 0.6 is 0 Å². The Kier molecular flexibility index (Phi) is 5.58. The van der Waals surface area contributed by atoms with Crippen LogP contribution in [-0.4, -0.2) is 35.6 Å². The van der Waals surface area contributed by atoms with Gasteiger partial charge in [-0.2, -0.15) is 4.98 Å². The van der Waals surface area contributed by atoms with Gasteiger partial charge in [-0.05, 0) is 62.3 Å². The number of anilines is 3. The van der Waals surface area contributed by atoms with Gasteiger partial charge in [0.2, 0.25) is 5.95 Å². The van der Waals surface area contributed by atoms with Crippen molar-refractivity contribution in [2.45, 2.75) is 57.9 Å². The van der Waals surface area contributed by atoms with Crippen molar-refractivity contribution in [3.63, 3.8) is 0 Å². The van der Waals surface area contributed by atoms with Crippen molar-refractivity contribution < 1.29 is 0 Å². The fourth-order valence-corrected chi connectivity index (χ4v) is 4.42.